The molecule has 0 aliphatic rings. The Morgan fingerprint density at radius 1 is 0.778 bits per heavy atom. The van der Waals surface area contributed by atoms with Gasteiger partial charge in [0.15, 0.2) is 5.76 Å². The number of fused-ring (bicyclic) bond motifs is 1. The van der Waals surface area contributed by atoms with E-state index < -0.39 is 0 Å². The molecule has 2 amide bonds. The molecule has 0 spiro atoms. The summed E-state index contributed by atoms with van der Waals surface area (Å²) in [6, 6.07) is 21.2. The molecule has 0 saturated carbocycles. The minimum absolute atomic E-state index is 0.213. The highest BCUT2D eigenvalue weighted by atomic mass is 16.3. The Bertz CT molecular complexity index is 1120. The molecule has 132 valence electrons. The number of nitrogens with one attached hydrogen (secondary N) is 2. The molecule has 0 aliphatic carbocycles. The van der Waals surface area contributed by atoms with E-state index in [1.807, 2.05) is 30.3 Å². The molecule has 4 aromatic rings. The number of carbonyl (C=O) groups is 2. The molecule has 2 aromatic heterocycles. The molecule has 4 rings (SSSR count). The van der Waals surface area contributed by atoms with Crippen LogP contribution in [0.15, 0.2) is 83.5 Å². The van der Waals surface area contributed by atoms with Crippen LogP contribution in [0.1, 0.15) is 21.0 Å². The summed E-state index contributed by atoms with van der Waals surface area (Å²) in [7, 11) is 0. The highest BCUT2D eigenvalue weighted by Crippen LogP contribution is 2.18. The van der Waals surface area contributed by atoms with E-state index in [0.29, 0.717) is 17.1 Å². The Balaban J connectivity index is 1.50. The van der Waals surface area contributed by atoms with E-state index in [-0.39, 0.29) is 17.6 Å². The maximum absolute atomic E-state index is 12.5. The topological polar surface area (TPSA) is 84.2 Å². The van der Waals surface area contributed by atoms with Crippen LogP contribution < -0.4 is 10.6 Å². The van der Waals surface area contributed by atoms with Gasteiger partial charge in [-0.15, -0.1) is 0 Å². The Hall–Kier alpha value is -3.93. The van der Waals surface area contributed by atoms with Crippen molar-refractivity contribution in [1.82, 2.24) is 4.98 Å². The van der Waals surface area contributed by atoms with Gasteiger partial charge in [0.2, 0.25) is 0 Å². The lowest BCUT2D eigenvalue weighted by molar-refractivity contribution is 0.0994. The summed E-state index contributed by atoms with van der Waals surface area (Å²) in [6.45, 7) is 0. The molecule has 0 aliphatic heterocycles. The maximum Gasteiger partial charge on any atom is 0.291 e. The van der Waals surface area contributed by atoms with E-state index in [0.717, 1.165) is 10.9 Å². The van der Waals surface area contributed by atoms with Gasteiger partial charge < -0.3 is 15.1 Å². The summed E-state index contributed by atoms with van der Waals surface area (Å²) in [4.78, 5) is 28.9. The Kier molecular flexibility index (Phi) is 4.37. The zero-order valence-electron chi connectivity index (χ0n) is 14.2. The SMILES string of the molecule is O=C(Nc1cccc(NC(=O)c2ccco2)c1)c1ccc2ccccc2n1. The summed E-state index contributed by atoms with van der Waals surface area (Å²) >= 11 is 0. The van der Waals surface area contributed by atoms with Gasteiger partial charge in [-0.1, -0.05) is 30.3 Å². The number of furan rings is 1. The van der Waals surface area contributed by atoms with Gasteiger partial charge in [0.1, 0.15) is 5.69 Å². The third-order valence-corrected chi connectivity index (χ3v) is 3.95. The molecule has 0 fully saturated rings. The third kappa shape index (κ3) is 3.69. The van der Waals surface area contributed by atoms with Gasteiger partial charge in [-0.05, 0) is 42.5 Å². The maximum atomic E-state index is 12.5. The molecule has 27 heavy (non-hydrogen) atoms. The van der Waals surface area contributed by atoms with Gasteiger partial charge in [0.25, 0.3) is 11.8 Å². The van der Waals surface area contributed by atoms with E-state index in [1.54, 1.807) is 42.5 Å². The molecule has 6 nitrogen and oxygen atoms in total. The van der Waals surface area contributed by atoms with Crippen molar-refractivity contribution in [3.05, 3.63) is 90.5 Å². The first-order chi connectivity index (χ1) is 13.2. The molecule has 0 bridgehead atoms. The summed E-state index contributed by atoms with van der Waals surface area (Å²) < 4.78 is 5.07. The number of rotatable bonds is 4. The van der Waals surface area contributed by atoms with Crippen LogP contribution in [0.4, 0.5) is 11.4 Å². The van der Waals surface area contributed by atoms with Crippen LogP contribution in [0.3, 0.4) is 0 Å². The van der Waals surface area contributed by atoms with Crippen molar-refractivity contribution in [2.24, 2.45) is 0 Å². The molecule has 6 heteroatoms. The monoisotopic (exact) mass is 357 g/mol. The van der Waals surface area contributed by atoms with Crippen LogP contribution in [-0.2, 0) is 0 Å². The largest absolute Gasteiger partial charge is 0.459 e. The zero-order chi connectivity index (χ0) is 18.6. The molecule has 0 saturated heterocycles. The van der Waals surface area contributed by atoms with Gasteiger partial charge >= 0.3 is 0 Å². The first kappa shape index (κ1) is 16.5. The lowest BCUT2D eigenvalue weighted by atomic mass is 10.2. The van der Waals surface area contributed by atoms with Crippen molar-refractivity contribution in [3.8, 4) is 0 Å². The minimum atomic E-state index is -0.361. The normalized spacial score (nSPS) is 10.5. The van der Waals surface area contributed by atoms with E-state index >= 15 is 0 Å². The summed E-state index contributed by atoms with van der Waals surface area (Å²) in [5.74, 6) is -0.472. The van der Waals surface area contributed by atoms with E-state index in [2.05, 4.69) is 15.6 Å². The molecular formula is C21H15N3O3. The lowest BCUT2D eigenvalue weighted by Crippen LogP contribution is -2.14. The number of pyridine rings is 1. The average Bonchev–Trinajstić information content (AvgIpc) is 3.23. The van der Waals surface area contributed by atoms with E-state index in [9.17, 15) is 9.59 Å². The van der Waals surface area contributed by atoms with Crippen molar-refractivity contribution in [2.45, 2.75) is 0 Å². The van der Waals surface area contributed by atoms with Crippen LogP contribution in [0.2, 0.25) is 0 Å². The lowest BCUT2D eigenvalue weighted by Gasteiger charge is -2.08. The summed E-state index contributed by atoms with van der Waals surface area (Å²) in [5, 5.41) is 6.49. The minimum Gasteiger partial charge on any atom is -0.459 e. The van der Waals surface area contributed by atoms with Gasteiger partial charge in [-0.25, -0.2) is 4.98 Å². The van der Waals surface area contributed by atoms with Crippen LogP contribution in [0.25, 0.3) is 10.9 Å². The number of amides is 2. The fraction of sp³-hybridized carbons (Fsp3) is 0. The highest BCUT2D eigenvalue weighted by Gasteiger charge is 2.11. The number of benzene rings is 2. The number of anilines is 2. The first-order valence-electron chi connectivity index (χ1n) is 8.31. The zero-order valence-corrected chi connectivity index (χ0v) is 14.2. The van der Waals surface area contributed by atoms with Gasteiger partial charge in [0, 0.05) is 16.8 Å². The smallest absolute Gasteiger partial charge is 0.291 e. The second-order valence-corrected chi connectivity index (χ2v) is 5.86. The Labute approximate surface area is 154 Å². The molecule has 2 N–H and O–H groups in total. The van der Waals surface area contributed by atoms with Crippen molar-refractivity contribution in [1.29, 1.82) is 0 Å². The number of para-hydroxylation sites is 1. The van der Waals surface area contributed by atoms with Gasteiger partial charge in [-0.3, -0.25) is 9.59 Å². The van der Waals surface area contributed by atoms with Crippen LogP contribution in [0.5, 0.6) is 0 Å². The van der Waals surface area contributed by atoms with E-state index in [4.69, 9.17) is 4.42 Å². The number of carbonyl (C=O) groups excluding carboxylic acids is 2. The molecule has 0 atom stereocenters. The standard InChI is InChI=1S/C21H15N3O3/c25-20(18-11-10-14-5-1-2-8-17(14)24-18)22-15-6-3-7-16(13-15)23-21(26)19-9-4-12-27-19/h1-13H,(H,22,25)(H,23,26). The van der Waals surface area contributed by atoms with Crippen molar-refractivity contribution in [3.63, 3.8) is 0 Å². The van der Waals surface area contributed by atoms with Gasteiger partial charge in [0.05, 0.1) is 11.8 Å². The Morgan fingerprint density at radius 2 is 1.56 bits per heavy atom. The number of aromatic nitrogens is 1. The Morgan fingerprint density at radius 3 is 2.33 bits per heavy atom. The highest BCUT2D eigenvalue weighted by molar-refractivity contribution is 6.05. The first-order valence-corrected chi connectivity index (χ1v) is 8.31. The molecule has 0 radical (unpaired) electrons. The molecular weight excluding hydrogens is 342 g/mol. The van der Waals surface area contributed by atoms with Crippen LogP contribution in [0, 0.1) is 0 Å². The van der Waals surface area contributed by atoms with Crippen LogP contribution >= 0.6 is 0 Å². The fourth-order valence-electron chi connectivity index (χ4n) is 2.66. The quantitative estimate of drug-likeness (QED) is 0.569. The predicted octanol–water partition coefficient (Wildman–Crippen LogP) is 4.33. The predicted molar refractivity (Wildman–Crippen MR) is 103 cm³/mol. The molecule has 2 heterocycles. The van der Waals surface area contributed by atoms with Gasteiger partial charge in [-0.2, -0.15) is 0 Å². The molecule has 2 aromatic carbocycles. The summed E-state index contributed by atoms with van der Waals surface area (Å²) in [5.41, 5.74) is 2.16. The second-order valence-electron chi connectivity index (χ2n) is 5.86. The van der Waals surface area contributed by atoms with Crippen molar-refractivity contribution >= 4 is 34.1 Å². The van der Waals surface area contributed by atoms with E-state index in [1.165, 1.54) is 6.26 Å². The summed E-state index contributed by atoms with van der Waals surface area (Å²) in [6.07, 6.45) is 1.43. The molecule has 0 unspecified atom stereocenters. The number of hydrogen-bond donors (Lipinski definition) is 2. The fourth-order valence-corrected chi connectivity index (χ4v) is 2.66. The number of hydrogen-bond acceptors (Lipinski definition) is 4. The number of nitrogens with zero attached hydrogens (tertiary/aromatic N) is 1. The third-order valence-electron chi connectivity index (χ3n) is 3.95. The van der Waals surface area contributed by atoms with Crippen LogP contribution in [-0.4, -0.2) is 16.8 Å². The van der Waals surface area contributed by atoms with Crippen molar-refractivity contribution < 1.29 is 14.0 Å². The average molecular weight is 357 g/mol. The van der Waals surface area contributed by atoms with Crippen molar-refractivity contribution in [2.75, 3.05) is 10.6 Å². The second kappa shape index (κ2) is 7.13.